The van der Waals surface area contributed by atoms with Gasteiger partial charge in [0.05, 0.1) is 0 Å². The van der Waals surface area contributed by atoms with E-state index in [0.29, 0.717) is 13.0 Å². The highest BCUT2D eigenvalue weighted by Gasteiger charge is 2.16. The fourth-order valence-electron chi connectivity index (χ4n) is 2.63. The molecule has 2 N–H and O–H groups in total. The van der Waals surface area contributed by atoms with E-state index in [4.69, 9.17) is 0 Å². The van der Waals surface area contributed by atoms with Crippen LogP contribution in [-0.4, -0.2) is 33.8 Å². The molecular weight excluding hydrogens is 266 g/mol. The first kappa shape index (κ1) is 13.8. The first-order valence-corrected chi connectivity index (χ1v) is 7.18. The molecule has 0 saturated heterocycles. The van der Waals surface area contributed by atoms with E-state index in [1.54, 1.807) is 11.0 Å². The standard InChI is InChI=1S/C15H19N5O/c1-20-10-18-14(19-20)6-8-17-15(21)13-4-2-3-11-9-16-7-5-12(11)13/h2-4,10,16H,5-9H2,1H3,(H,17,21). The zero-order chi connectivity index (χ0) is 14.7. The van der Waals surface area contributed by atoms with E-state index in [1.807, 2.05) is 19.2 Å². The third kappa shape index (κ3) is 3.11. The number of nitrogens with one attached hydrogen (secondary N) is 2. The Bertz CT molecular complexity index is 649. The van der Waals surface area contributed by atoms with Crippen molar-refractivity contribution in [3.63, 3.8) is 0 Å². The number of amides is 1. The average molecular weight is 285 g/mol. The summed E-state index contributed by atoms with van der Waals surface area (Å²) in [5.74, 6) is 0.738. The monoisotopic (exact) mass is 285 g/mol. The molecular formula is C15H19N5O. The number of rotatable bonds is 4. The highest BCUT2D eigenvalue weighted by molar-refractivity contribution is 5.96. The van der Waals surface area contributed by atoms with Crippen LogP contribution in [0, 0.1) is 0 Å². The molecule has 2 heterocycles. The van der Waals surface area contributed by atoms with Crippen molar-refractivity contribution in [3.05, 3.63) is 47.0 Å². The van der Waals surface area contributed by atoms with Gasteiger partial charge in [-0.2, -0.15) is 5.10 Å². The molecule has 110 valence electrons. The summed E-state index contributed by atoms with van der Waals surface area (Å²) in [5, 5.41) is 10.5. The Balaban J connectivity index is 1.63. The smallest absolute Gasteiger partial charge is 0.251 e. The Hall–Kier alpha value is -2.21. The van der Waals surface area contributed by atoms with Crippen molar-refractivity contribution in [1.82, 2.24) is 25.4 Å². The van der Waals surface area contributed by atoms with Crippen molar-refractivity contribution in [2.75, 3.05) is 13.1 Å². The lowest BCUT2D eigenvalue weighted by Gasteiger charge is -2.19. The van der Waals surface area contributed by atoms with E-state index in [9.17, 15) is 4.79 Å². The van der Waals surface area contributed by atoms with Gasteiger partial charge in [0.1, 0.15) is 6.33 Å². The summed E-state index contributed by atoms with van der Waals surface area (Å²) in [6.07, 6.45) is 3.21. The molecule has 6 nitrogen and oxygen atoms in total. The molecule has 1 aromatic heterocycles. The lowest BCUT2D eigenvalue weighted by Crippen LogP contribution is -2.30. The van der Waals surface area contributed by atoms with Gasteiger partial charge < -0.3 is 10.6 Å². The molecule has 1 aromatic carbocycles. The Morgan fingerprint density at radius 3 is 3.19 bits per heavy atom. The molecule has 2 aromatic rings. The molecule has 0 atom stereocenters. The highest BCUT2D eigenvalue weighted by Crippen LogP contribution is 2.18. The second kappa shape index (κ2) is 6.05. The van der Waals surface area contributed by atoms with Crippen LogP contribution < -0.4 is 10.6 Å². The number of nitrogens with zero attached hydrogens (tertiary/aromatic N) is 3. The van der Waals surface area contributed by atoms with E-state index < -0.39 is 0 Å². The van der Waals surface area contributed by atoms with Crippen molar-refractivity contribution in [2.24, 2.45) is 7.05 Å². The minimum Gasteiger partial charge on any atom is -0.352 e. The van der Waals surface area contributed by atoms with Crippen LogP contribution in [0.2, 0.25) is 0 Å². The fraction of sp³-hybridized carbons (Fsp3) is 0.400. The number of benzene rings is 1. The molecule has 1 aliphatic heterocycles. The Morgan fingerprint density at radius 2 is 2.38 bits per heavy atom. The number of hydrogen-bond donors (Lipinski definition) is 2. The molecule has 0 bridgehead atoms. The van der Waals surface area contributed by atoms with Crippen molar-refractivity contribution in [3.8, 4) is 0 Å². The quantitative estimate of drug-likeness (QED) is 0.855. The van der Waals surface area contributed by atoms with Crippen LogP contribution >= 0.6 is 0 Å². The van der Waals surface area contributed by atoms with E-state index >= 15 is 0 Å². The van der Waals surface area contributed by atoms with Crippen molar-refractivity contribution >= 4 is 5.91 Å². The van der Waals surface area contributed by atoms with Crippen LogP contribution in [0.5, 0.6) is 0 Å². The maximum atomic E-state index is 12.3. The van der Waals surface area contributed by atoms with Gasteiger partial charge in [0.25, 0.3) is 5.91 Å². The topological polar surface area (TPSA) is 71.8 Å². The second-order valence-electron chi connectivity index (χ2n) is 5.21. The van der Waals surface area contributed by atoms with Crippen LogP contribution in [0.1, 0.15) is 27.3 Å². The molecule has 0 spiro atoms. The molecule has 0 saturated carbocycles. The Kier molecular flexibility index (Phi) is 3.96. The van der Waals surface area contributed by atoms with Crippen LogP contribution in [0.4, 0.5) is 0 Å². The van der Waals surface area contributed by atoms with E-state index in [-0.39, 0.29) is 5.91 Å². The molecule has 21 heavy (non-hydrogen) atoms. The van der Waals surface area contributed by atoms with Gasteiger partial charge in [0, 0.05) is 32.1 Å². The second-order valence-corrected chi connectivity index (χ2v) is 5.21. The summed E-state index contributed by atoms with van der Waals surface area (Å²) in [4.78, 5) is 16.5. The van der Waals surface area contributed by atoms with Crippen molar-refractivity contribution < 1.29 is 4.79 Å². The summed E-state index contributed by atoms with van der Waals surface area (Å²) in [7, 11) is 1.83. The third-order valence-electron chi connectivity index (χ3n) is 3.67. The molecule has 0 fully saturated rings. The predicted octanol–water partition coefficient (Wildman–Crippen LogP) is 0.433. The maximum absolute atomic E-state index is 12.3. The van der Waals surface area contributed by atoms with Crippen LogP contribution in [0.3, 0.4) is 0 Å². The van der Waals surface area contributed by atoms with Gasteiger partial charge in [-0.15, -0.1) is 0 Å². The van der Waals surface area contributed by atoms with Gasteiger partial charge in [0.2, 0.25) is 0 Å². The van der Waals surface area contributed by atoms with Gasteiger partial charge >= 0.3 is 0 Å². The first-order chi connectivity index (χ1) is 10.2. The summed E-state index contributed by atoms with van der Waals surface area (Å²) >= 11 is 0. The SMILES string of the molecule is Cn1cnc(CCNC(=O)c2cccc3c2CCNC3)n1. The van der Waals surface area contributed by atoms with Gasteiger partial charge in [-0.1, -0.05) is 12.1 Å². The molecule has 0 radical (unpaired) electrons. The number of carbonyl (C=O) groups is 1. The third-order valence-corrected chi connectivity index (χ3v) is 3.67. The lowest BCUT2D eigenvalue weighted by atomic mass is 9.95. The summed E-state index contributed by atoms with van der Waals surface area (Å²) in [6.45, 7) is 2.31. The maximum Gasteiger partial charge on any atom is 0.251 e. The highest BCUT2D eigenvalue weighted by atomic mass is 16.1. The van der Waals surface area contributed by atoms with E-state index in [1.165, 1.54) is 11.1 Å². The van der Waals surface area contributed by atoms with Gasteiger partial charge in [-0.25, -0.2) is 4.98 Å². The zero-order valence-corrected chi connectivity index (χ0v) is 12.1. The minimum absolute atomic E-state index is 0.00955. The zero-order valence-electron chi connectivity index (χ0n) is 12.1. The van der Waals surface area contributed by atoms with Crippen LogP contribution in [0.15, 0.2) is 24.5 Å². The normalized spacial score (nSPS) is 13.8. The Morgan fingerprint density at radius 1 is 1.48 bits per heavy atom. The number of carbonyl (C=O) groups excluding carboxylic acids is 1. The number of fused-ring (bicyclic) bond motifs is 1. The van der Waals surface area contributed by atoms with E-state index in [2.05, 4.69) is 26.8 Å². The number of aromatic nitrogens is 3. The predicted molar refractivity (Wildman–Crippen MR) is 78.9 cm³/mol. The first-order valence-electron chi connectivity index (χ1n) is 7.18. The largest absolute Gasteiger partial charge is 0.352 e. The van der Waals surface area contributed by atoms with Gasteiger partial charge in [0.15, 0.2) is 5.82 Å². The van der Waals surface area contributed by atoms with Crippen molar-refractivity contribution in [2.45, 2.75) is 19.4 Å². The van der Waals surface area contributed by atoms with Crippen LogP contribution in [0.25, 0.3) is 0 Å². The molecule has 6 heteroatoms. The molecule has 1 aliphatic rings. The van der Waals surface area contributed by atoms with Gasteiger partial charge in [-0.05, 0) is 30.2 Å². The minimum atomic E-state index is -0.00955. The summed E-state index contributed by atoms with van der Waals surface area (Å²) in [5.41, 5.74) is 3.19. The summed E-state index contributed by atoms with van der Waals surface area (Å²) in [6, 6.07) is 5.93. The Labute approximate surface area is 123 Å². The molecule has 0 unspecified atom stereocenters. The number of hydrogen-bond acceptors (Lipinski definition) is 4. The van der Waals surface area contributed by atoms with Crippen LogP contribution in [-0.2, 0) is 26.4 Å². The average Bonchev–Trinajstić information content (AvgIpc) is 2.92. The van der Waals surface area contributed by atoms with Gasteiger partial charge in [-0.3, -0.25) is 9.48 Å². The van der Waals surface area contributed by atoms with E-state index in [0.717, 1.165) is 30.9 Å². The molecule has 3 rings (SSSR count). The molecule has 1 amide bonds. The van der Waals surface area contributed by atoms with Crippen molar-refractivity contribution in [1.29, 1.82) is 0 Å². The summed E-state index contributed by atoms with van der Waals surface area (Å²) < 4.78 is 1.66. The molecule has 0 aliphatic carbocycles. The number of aryl methyl sites for hydroxylation is 1. The lowest BCUT2D eigenvalue weighted by molar-refractivity contribution is 0.0952. The fourth-order valence-corrected chi connectivity index (χ4v) is 2.63.